The third-order valence-corrected chi connectivity index (χ3v) is 1.87. The molecule has 1 aromatic rings. The highest BCUT2D eigenvalue weighted by Crippen LogP contribution is 2.12. The van der Waals surface area contributed by atoms with Crippen molar-refractivity contribution in [1.82, 2.24) is 0 Å². The van der Waals surface area contributed by atoms with Gasteiger partial charge in [0, 0.05) is 6.54 Å². The summed E-state index contributed by atoms with van der Waals surface area (Å²) in [6.45, 7) is 1.87. The fourth-order valence-electron chi connectivity index (χ4n) is 1.15. The Balaban J connectivity index is 2.24. The minimum atomic E-state index is 0.0443. The van der Waals surface area contributed by atoms with Gasteiger partial charge >= 0.3 is 0 Å². The fourth-order valence-corrected chi connectivity index (χ4v) is 1.15. The highest BCUT2D eigenvalue weighted by molar-refractivity contribution is 5.28. The number of aliphatic hydroxyl groups excluding tert-OH is 1. The van der Waals surface area contributed by atoms with Crippen LogP contribution in [0.2, 0.25) is 0 Å². The van der Waals surface area contributed by atoms with Crippen LogP contribution in [0.25, 0.3) is 0 Å². The second-order valence-electron chi connectivity index (χ2n) is 3.04. The molecular formula is C11H17NO3. The van der Waals surface area contributed by atoms with Crippen molar-refractivity contribution in [2.75, 3.05) is 26.4 Å². The zero-order valence-electron chi connectivity index (χ0n) is 8.69. The van der Waals surface area contributed by atoms with E-state index in [0.717, 1.165) is 11.3 Å². The van der Waals surface area contributed by atoms with Crippen LogP contribution < -0.4 is 10.5 Å². The average Bonchev–Trinajstić information content (AvgIpc) is 2.29. The maximum atomic E-state index is 8.47. The van der Waals surface area contributed by atoms with Crippen LogP contribution in [0.4, 0.5) is 0 Å². The Morgan fingerprint density at radius 3 is 2.80 bits per heavy atom. The summed E-state index contributed by atoms with van der Waals surface area (Å²) in [5.74, 6) is 0.797. The number of hydrogen-bond acceptors (Lipinski definition) is 4. The van der Waals surface area contributed by atoms with Crippen LogP contribution in [-0.4, -0.2) is 31.5 Å². The number of benzene rings is 1. The van der Waals surface area contributed by atoms with Gasteiger partial charge in [0.2, 0.25) is 0 Å². The molecule has 0 spiro atoms. The van der Waals surface area contributed by atoms with Gasteiger partial charge in [0.05, 0.1) is 19.8 Å². The number of hydrogen-bond donors (Lipinski definition) is 2. The molecule has 4 nitrogen and oxygen atoms in total. The Kier molecular flexibility index (Phi) is 5.77. The zero-order chi connectivity index (χ0) is 10.9. The van der Waals surface area contributed by atoms with Gasteiger partial charge < -0.3 is 20.3 Å². The Bertz CT molecular complexity index is 278. The molecule has 0 heterocycles. The normalized spacial score (nSPS) is 10.3. The highest BCUT2D eigenvalue weighted by Gasteiger charge is 1.95. The van der Waals surface area contributed by atoms with Gasteiger partial charge in [0.1, 0.15) is 12.4 Å². The monoisotopic (exact) mass is 211 g/mol. The van der Waals surface area contributed by atoms with E-state index in [-0.39, 0.29) is 6.61 Å². The molecule has 0 aliphatic heterocycles. The SMILES string of the molecule is NCc1cccc(OCCOCCO)c1. The molecule has 0 amide bonds. The molecule has 0 radical (unpaired) electrons. The molecule has 1 aromatic carbocycles. The first kappa shape index (κ1) is 12.0. The van der Waals surface area contributed by atoms with E-state index in [2.05, 4.69) is 0 Å². The van der Waals surface area contributed by atoms with Crippen LogP contribution >= 0.6 is 0 Å². The van der Waals surface area contributed by atoms with Crippen LogP contribution in [0.5, 0.6) is 5.75 Å². The summed E-state index contributed by atoms with van der Waals surface area (Å²) in [4.78, 5) is 0. The van der Waals surface area contributed by atoms with Crippen LogP contribution in [0.1, 0.15) is 5.56 Å². The maximum absolute atomic E-state index is 8.47. The van der Waals surface area contributed by atoms with Gasteiger partial charge in [0.25, 0.3) is 0 Å². The Hall–Kier alpha value is -1.10. The molecule has 4 heteroatoms. The minimum absolute atomic E-state index is 0.0443. The summed E-state index contributed by atoms with van der Waals surface area (Å²) >= 11 is 0. The first-order valence-electron chi connectivity index (χ1n) is 4.97. The van der Waals surface area contributed by atoms with Crippen molar-refractivity contribution in [2.24, 2.45) is 5.73 Å². The van der Waals surface area contributed by atoms with Gasteiger partial charge in [-0.05, 0) is 17.7 Å². The van der Waals surface area contributed by atoms with Crippen molar-refractivity contribution in [3.63, 3.8) is 0 Å². The quantitative estimate of drug-likeness (QED) is 0.646. The fraction of sp³-hybridized carbons (Fsp3) is 0.455. The van der Waals surface area contributed by atoms with Crippen molar-refractivity contribution in [3.05, 3.63) is 29.8 Å². The third-order valence-electron chi connectivity index (χ3n) is 1.87. The van der Waals surface area contributed by atoms with Crippen LogP contribution in [0.15, 0.2) is 24.3 Å². The van der Waals surface area contributed by atoms with Crippen LogP contribution in [-0.2, 0) is 11.3 Å². The molecule has 0 unspecified atom stereocenters. The molecule has 0 bridgehead atoms. The predicted octanol–water partition coefficient (Wildman–Crippen LogP) is 0.533. The van der Waals surface area contributed by atoms with Crippen molar-refractivity contribution in [3.8, 4) is 5.75 Å². The first-order valence-corrected chi connectivity index (χ1v) is 4.97. The number of rotatable bonds is 7. The van der Waals surface area contributed by atoms with Gasteiger partial charge in [0.15, 0.2) is 0 Å². The molecule has 0 atom stereocenters. The highest BCUT2D eigenvalue weighted by atomic mass is 16.5. The van der Waals surface area contributed by atoms with Crippen molar-refractivity contribution < 1.29 is 14.6 Å². The van der Waals surface area contributed by atoms with Gasteiger partial charge in [-0.15, -0.1) is 0 Å². The molecule has 0 fully saturated rings. The van der Waals surface area contributed by atoms with E-state index in [4.69, 9.17) is 20.3 Å². The minimum Gasteiger partial charge on any atom is -0.491 e. The average molecular weight is 211 g/mol. The lowest BCUT2D eigenvalue weighted by atomic mass is 10.2. The maximum Gasteiger partial charge on any atom is 0.119 e. The van der Waals surface area contributed by atoms with Gasteiger partial charge in [-0.2, -0.15) is 0 Å². The van der Waals surface area contributed by atoms with E-state index in [1.54, 1.807) is 0 Å². The largest absolute Gasteiger partial charge is 0.491 e. The van der Waals surface area contributed by atoms with Gasteiger partial charge in [-0.3, -0.25) is 0 Å². The summed E-state index contributed by atoms with van der Waals surface area (Å²) in [5.41, 5.74) is 6.55. The Morgan fingerprint density at radius 2 is 2.07 bits per heavy atom. The second-order valence-corrected chi connectivity index (χ2v) is 3.04. The summed E-state index contributed by atoms with van der Waals surface area (Å²) in [6.07, 6.45) is 0. The molecule has 1 rings (SSSR count). The Morgan fingerprint density at radius 1 is 1.20 bits per heavy atom. The topological polar surface area (TPSA) is 64.7 Å². The van der Waals surface area contributed by atoms with Crippen molar-refractivity contribution >= 4 is 0 Å². The van der Waals surface area contributed by atoms with Gasteiger partial charge in [-0.1, -0.05) is 12.1 Å². The molecule has 0 saturated heterocycles. The van der Waals surface area contributed by atoms with Crippen LogP contribution in [0.3, 0.4) is 0 Å². The van der Waals surface area contributed by atoms with E-state index in [0.29, 0.717) is 26.4 Å². The molecule has 15 heavy (non-hydrogen) atoms. The molecule has 3 N–H and O–H groups in total. The van der Waals surface area contributed by atoms with E-state index in [1.807, 2.05) is 24.3 Å². The van der Waals surface area contributed by atoms with Crippen LogP contribution in [0, 0.1) is 0 Å². The molecule has 0 aliphatic rings. The Labute approximate surface area is 89.6 Å². The van der Waals surface area contributed by atoms with Crippen molar-refractivity contribution in [2.45, 2.75) is 6.54 Å². The smallest absolute Gasteiger partial charge is 0.119 e. The molecular weight excluding hydrogens is 194 g/mol. The second kappa shape index (κ2) is 7.23. The number of aliphatic hydroxyl groups is 1. The zero-order valence-corrected chi connectivity index (χ0v) is 8.69. The molecule has 0 aliphatic carbocycles. The molecule has 0 saturated carbocycles. The summed E-state index contributed by atoms with van der Waals surface area (Å²) < 4.78 is 10.5. The third kappa shape index (κ3) is 4.78. The van der Waals surface area contributed by atoms with E-state index in [1.165, 1.54) is 0 Å². The summed E-state index contributed by atoms with van der Waals surface area (Å²) in [5, 5.41) is 8.47. The number of nitrogens with two attached hydrogens (primary N) is 1. The van der Waals surface area contributed by atoms with Gasteiger partial charge in [-0.25, -0.2) is 0 Å². The number of ether oxygens (including phenoxy) is 2. The lowest BCUT2D eigenvalue weighted by Gasteiger charge is -2.07. The molecule has 0 aromatic heterocycles. The standard InChI is InChI=1S/C11H17NO3/c12-9-10-2-1-3-11(8-10)15-7-6-14-5-4-13/h1-3,8,13H,4-7,9,12H2. The summed E-state index contributed by atoms with van der Waals surface area (Å²) in [6, 6.07) is 7.65. The lowest BCUT2D eigenvalue weighted by molar-refractivity contribution is 0.0705. The summed E-state index contributed by atoms with van der Waals surface area (Å²) in [7, 11) is 0. The predicted molar refractivity (Wildman–Crippen MR) is 57.7 cm³/mol. The first-order chi connectivity index (χ1) is 7.36. The molecule has 84 valence electrons. The van der Waals surface area contributed by atoms with E-state index < -0.39 is 0 Å². The van der Waals surface area contributed by atoms with E-state index >= 15 is 0 Å². The van der Waals surface area contributed by atoms with E-state index in [9.17, 15) is 0 Å². The van der Waals surface area contributed by atoms with Crippen molar-refractivity contribution in [1.29, 1.82) is 0 Å². The lowest BCUT2D eigenvalue weighted by Crippen LogP contribution is -2.09.